The zero-order valence-electron chi connectivity index (χ0n) is 24.4. The molecule has 39 heavy (non-hydrogen) atoms. The number of unbranched alkanes of at least 4 members (excludes halogenated alkanes) is 7. The molecule has 1 fully saturated rings. The first-order chi connectivity index (χ1) is 18.9. The van der Waals surface area contributed by atoms with Crippen LogP contribution in [0, 0.1) is 22.7 Å². The summed E-state index contributed by atoms with van der Waals surface area (Å²) >= 11 is 6.22. The SMILES string of the molecule is CCCCCCCCCCC1(C#N)CCC(c2ccc(-c3ccc(OC(=O)C(Cl)C(C)CC)cc3)cc2)CC1. The molecule has 0 aliphatic heterocycles. The highest BCUT2D eigenvalue weighted by Gasteiger charge is 2.35. The second-order valence-corrected chi connectivity index (χ2v) is 12.2. The molecule has 2 aromatic rings. The van der Waals surface area contributed by atoms with Gasteiger partial charge in [0.2, 0.25) is 0 Å². The average molecular weight is 550 g/mol. The molecule has 1 aliphatic rings. The molecule has 3 rings (SSSR count). The molecule has 1 aliphatic carbocycles. The predicted octanol–water partition coefficient (Wildman–Crippen LogP) is 10.6. The molecular weight excluding hydrogens is 502 g/mol. The van der Waals surface area contributed by atoms with E-state index in [2.05, 4.69) is 37.3 Å². The van der Waals surface area contributed by atoms with Crippen molar-refractivity contribution in [3.05, 3.63) is 54.1 Å². The lowest BCUT2D eigenvalue weighted by molar-refractivity contribution is -0.134. The zero-order chi connectivity index (χ0) is 28.1. The molecule has 2 aromatic carbocycles. The van der Waals surface area contributed by atoms with E-state index >= 15 is 0 Å². The van der Waals surface area contributed by atoms with E-state index in [1.54, 1.807) is 0 Å². The molecule has 3 nitrogen and oxygen atoms in total. The van der Waals surface area contributed by atoms with Crippen LogP contribution in [0.15, 0.2) is 48.5 Å². The van der Waals surface area contributed by atoms with E-state index in [4.69, 9.17) is 16.3 Å². The summed E-state index contributed by atoms with van der Waals surface area (Å²) in [6, 6.07) is 19.2. The van der Waals surface area contributed by atoms with Gasteiger partial charge in [0.05, 0.1) is 11.5 Å². The normalized spacial score (nSPS) is 20.6. The van der Waals surface area contributed by atoms with Crippen LogP contribution >= 0.6 is 11.6 Å². The van der Waals surface area contributed by atoms with Crippen molar-refractivity contribution in [3.8, 4) is 22.9 Å². The molecule has 2 atom stereocenters. The van der Waals surface area contributed by atoms with Crippen molar-refractivity contribution in [2.75, 3.05) is 0 Å². The summed E-state index contributed by atoms with van der Waals surface area (Å²) in [5.41, 5.74) is 3.50. The standard InChI is InChI=1S/C35H48ClNO2/c1-4-6-7-8-9-10-11-12-23-35(26-37)24-21-31(22-25-35)29-15-13-28(14-16-29)30-17-19-32(20-18-30)39-34(38)33(36)27(3)5-2/h13-20,27,31,33H,4-12,21-25H2,1-3H3. The zero-order valence-corrected chi connectivity index (χ0v) is 25.1. The van der Waals surface area contributed by atoms with Gasteiger partial charge in [-0.15, -0.1) is 11.6 Å². The van der Waals surface area contributed by atoms with Crippen molar-refractivity contribution in [1.29, 1.82) is 5.26 Å². The fourth-order valence-corrected chi connectivity index (χ4v) is 6.02. The lowest BCUT2D eigenvalue weighted by Crippen LogP contribution is -2.26. The third kappa shape index (κ3) is 9.39. The van der Waals surface area contributed by atoms with E-state index in [-0.39, 0.29) is 11.3 Å². The maximum Gasteiger partial charge on any atom is 0.329 e. The smallest absolute Gasteiger partial charge is 0.329 e. The highest BCUT2D eigenvalue weighted by atomic mass is 35.5. The fraction of sp³-hybridized carbons (Fsp3) is 0.600. The number of halogens is 1. The van der Waals surface area contributed by atoms with E-state index in [1.165, 1.54) is 56.9 Å². The van der Waals surface area contributed by atoms with Crippen molar-refractivity contribution < 1.29 is 9.53 Å². The molecule has 2 unspecified atom stereocenters. The van der Waals surface area contributed by atoms with Crippen LogP contribution in [0.5, 0.6) is 5.75 Å². The molecule has 0 spiro atoms. The van der Waals surface area contributed by atoms with Crippen LogP contribution in [0.1, 0.15) is 122 Å². The number of benzene rings is 2. The minimum absolute atomic E-state index is 0.0762. The van der Waals surface area contributed by atoms with E-state index in [9.17, 15) is 10.1 Å². The number of hydrogen-bond acceptors (Lipinski definition) is 3. The Balaban J connectivity index is 1.46. The van der Waals surface area contributed by atoms with Gasteiger partial charge in [0.15, 0.2) is 0 Å². The Kier molecular flexibility index (Phi) is 12.9. The van der Waals surface area contributed by atoms with Crippen molar-refractivity contribution in [3.63, 3.8) is 0 Å². The molecule has 0 aromatic heterocycles. The van der Waals surface area contributed by atoms with Crippen LogP contribution in [0.3, 0.4) is 0 Å². The molecule has 0 N–H and O–H groups in total. The number of alkyl halides is 1. The first-order valence-corrected chi connectivity index (χ1v) is 15.8. The summed E-state index contributed by atoms with van der Waals surface area (Å²) in [5, 5.41) is 9.37. The molecule has 0 heterocycles. The number of carbonyl (C=O) groups is 1. The van der Waals surface area contributed by atoms with Gasteiger partial charge < -0.3 is 4.74 Å². The van der Waals surface area contributed by atoms with Crippen molar-refractivity contribution >= 4 is 17.6 Å². The minimum atomic E-state index is -0.634. The van der Waals surface area contributed by atoms with Crippen LogP contribution in [-0.4, -0.2) is 11.3 Å². The summed E-state index contributed by atoms with van der Waals surface area (Å²) in [5.74, 6) is 0.737. The molecule has 0 bridgehead atoms. The first-order valence-electron chi connectivity index (χ1n) is 15.4. The van der Waals surface area contributed by atoms with E-state index < -0.39 is 11.3 Å². The maximum atomic E-state index is 12.3. The molecule has 0 radical (unpaired) electrons. The minimum Gasteiger partial charge on any atom is -0.425 e. The Morgan fingerprint density at radius 1 is 0.923 bits per heavy atom. The monoisotopic (exact) mass is 549 g/mol. The number of esters is 1. The van der Waals surface area contributed by atoms with Gasteiger partial charge in [-0.05, 0) is 72.8 Å². The predicted molar refractivity (Wildman–Crippen MR) is 163 cm³/mol. The van der Waals surface area contributed by atoms with Crippen LogP contribution in [0.25, 0.3) is 11.1 Å². The molecule has 0 amide bonds. The third-order valence-corrected chi connectivity index (χ3v) is 9.45. The summed E-state index contributed by atoms with van der Waals surface area (Å²) in [7, 11) is 0. The van der Waals surface area contributed by atoms with Gasteiger partial charge in [-0.2, -0.15) is 5.26 Å². The molecule has 4 heteroatoms. The molecule has 1 saturated carbocycles. The second kappa shape index (κ2) is 16.1. The van der Waals surface area contributed by atoms with E-state index in [0.29, 0.717) is 11.7 Å². The number of rotatable bonds is 15. The van der Waals surface area contributed by atoms with Crippen molar-refractivity contribution in [2.24, 2.45) is 11.3 Å². The molecular formula is C35H48ClNO2. The Morgan fingerprint density at radius 3 is 2.00 bits per heavy atom. The number of hydrogen-bond donors (Lipinski definition) is 0. The third-order valence-electron chi connectivity index (χ3n) is 8.85. The lowest BCUT2D eigenvalue weighted by Gasteiger charge is -2.35. The van der Waals surface area contributed by atoms with Crippen molar-refractivity contribution in [1.82, 2.24) is 0 Å². The first kappa shape index (κ1) is 31.2. The fourth-order valence-electron chi connectivity index (χ4n) is 5.79. The lowest BCUT2D eigenvalue weighted by atomic mass is 9.67. The van der Waals surface area contributed by atoms with Crippen LogP contribution in [-0.2, 0) is 4.79 Å². The number of carbonyl (C=O) groups excluding carboxylic acids is 1. The van der Waals surface area contributed by atoms with Gasteiger partial charge in [0.1, 0.15) is 11.1 Å². The van der Waals surface area contributed by atoms with Gasteiger partial charge in [-0.25, -0.2) is 0 Å². The van der Waals surface area contributed by atoms with Gasteiger partial charge in [-0.1, -0.05) is 115 Å². The summed E-state index contributed by atoms with van der Waals surface area (Å²) in [4.78, 5) is 12.3. The summed E-state index contributed by atoms with van der Waals surface area (Å²) in [6.45, 7) is 6.23. The van der Waals surface area contributed by atoms with Crippen LogP contribution < -0.4 is 4.74 Å². The van der Waals surface area contributed by atoms with E-state index in [1.807, 2.05) is 38.1 Å². The topological polar surface area (TPSA) is 50.1 Å². The average Bonchev–Trinajstić information content (AvgIpc) is 2.98. The molecule has 0 saturated heterocycles. The van der Waals surface area contributed by atoms with Gasteiger partial charge >= 0.3 is 5.97 Å². The highest BCUT2D eigenvalue weighted by Crippen LogP contribution is 2.46. The van der Waals surface area contributed by atoms with E-state index in [0.717, 1.165) is 49.7 Å². The maximum absolute atomic E-state index is 12.3. The second-order valence-electron chi connectivity index (χ2n) is 11.7. The summed E-state index contributed by atoms with van der Waals surface area (Å²) < 4.78 is 5.48. The summed E-state index contributed by atoms with van der Waals surface area (Å²) in [6.07, 6.45) is 16.7. The largest absolute Gasteiger partial charge is 0.425 e. The quantitative estimate of drug-likeness (QED) is 0.0960. The number of ether oxygens (including phenoxy) is 1. The Labute approximate surface area is 242 Å². The van der Waals surface area contributed by atoms with Gasteiger partial charge in [-0.3, -0.25) is 4.79 Å². The van der Waals surface area contributed by atoms with Crippen LogP contribution in [0.2, 0.25) is 0 Å². The van der Waals surface area contributed by atoms with Gasteiger partial charge in [0, 0.05) is 0 Å². The number of nitrogens with zero attached hydrogens (tertiary/aromatic N) is 1. The van der Waals surface area contributed by atoms with Crippen LogP contribution in [0.4, 0.5) is 0 Å². The Morgan fingerprint density at radius 2 is 1.46 bits per heavy atom. The molecule has 212 valence electrons. The van der Waals surface area contributed by atoms with Crippen molar-refractivity contribution in [2.45, 2.75) is 122 Å². The Hall–Kier alpha value is -2.31. The Bertz CT molecular complexity index is 1030. The highest BCUT2D eigenvalue weighted by molar-refractivity contribution is 6.30. The van der Waals surface area contributed by atoms with Gasteiger partial charge in [0.25, 0.3) is 0 Å². The number of nitriles is 1.